The van der Waals surface area contributed by atoms with Crippen LogP contribution >= 0.6 is 0 Å². The second-order valence-electron chi connectivity index (χ2n) is 5.73. The molecule has 5 nitrogen and oxygen atoms in total. The number of oxazole rings is 1. The van der Waals surface area contributed by atoms with Gasteiger partial charge in [0.1, 0.15) is 0 Å². The molecular formula is C18H18N2O3. The maximum atomic E-state index is 6.12. The number of rotatable bonds is 4. The predicted octanol–water partition coefficient (Wildman–Crippen LogP) is 4.22. The van der Waals surface area contributed by atoms with Crippen molar-refractivity contribution in [3.8, 4) is 23.0 Å². The first-order chi connectivity index (χ1) is 11.3. The van der Waals surface area contributed by atoms with Crippen LogP contribution in [-0.4, -0.2) is 23.2 Å². The lowest BCUT2D eigenvalue weighted by Gasteiger charge is -2.16. The molecule has 0 radical (unpaired) electrons. The van der Waals surface area contributed by atoms with Gasteiger partial charge in [-0.25, -0.2) is 4.98 Å². The Bertz CT molecular complexity index is 789. The largest absolute Gasteiger partial charge is 0.493 e. The van der Waals surface area contributed by atoms with Gasteiger partial charge < -0.3 is 13.9 Å². The van der Waals surface area contributed by atoms with Crippen molar-refractivity contribution in [1.82, 2.24) is 9.97 Å². The molecule has 3 aromatic rings. The molecule has 23 heavy (non-hydrogen) atoms. The smallest absolute Gasteiger partial charge is 0.229 e. The zero-order chi connectivity index (χ0) is 15.6. The summed E-state index contributed by atoms with van der Waals surface area (Å²) in [4.78, 5) is 8.64. The molecule has 1 aromatic carbocycles. The summed E-state index contributed by atoms with van der Waals surface area (Å²) in [6.45, 7) is 0. The highest BCUT2D eigenvalue weighted by Crippen LogP contribution is 2.35. The third-order valence-electron chi connectivity index (χ3n) is 4.17. The number of hydrogen-bond donors (Lipinski definition) is 0. The van der Waals surface area contributed by atoms with Gasteiger partial charge in [0.05, 0.1) is 13.2 Å². The molecule has 0 unspecified atom stereocenters. The fourth-order valence-electron chi connectivity index (χ4n) is 2.98. The molecule has 0 atom stereocenters. The Morgan fingerprint density at radius 1 is 1.13 bits per heavy atom. The van der Waals surface area contributed by atoms with E-state index < -0.39 is 0 Å². The molecule has 5 heteroatoms. The lowest BCUT2D eigenvalue weighted by Crippen LogP contribution is -2.11. The van der Waals surface area contributed by atoms with Crippen LogP contribution in [-0.2, 0) is 0 Å². The van der Waals surface area contributed by atoms with E-state index in [0.717, 1.165) is 29.9 Å². The molecule has 2 aromatic heterocycles. The zero-order valence-corrected chi connectivity index (χ0v) is 13.0. The van der Waals surface area contributed by atoms with Gasteiger partial charge in [-0.05, 0) is 56.0 Å². The Morgan fingerprint density at radius 2 is 2.00 bits per heavy atom. The Kier molecular flexibility index (Phi) is 3.61. The first kappa shape index (κ1) is 14.1. The molecule has 0 spiro atoms. The average molecular weight is 310 g/mol. The Morgan fingerprint density at radius 3 is 2.78 bits per heavy atom. The molecular weight excluding hydrogens is 292 g/mol. The number of aromatic nitrogens is 2. The number of ether oxygens (including phenoxy) is 2. The van der Waals surface area contributed by atoms with Crippen LogP contribution in [0.3, 0.4) is 0 Å². The van der Waals surface area contributed by atoms with Gasteiger partial charge >= 0.3 is 0 Å². The van der Waals surface area contributed by atoms with Gasteiger partial charge in [0.2, 0.25) is 5.89 Å². The highest BCUT2D eigenvalue weighted by atomic mass is 16.5. The summed E-state index contributed by atoms with van der Waals surface area (Å²) in [5, 5.41) is 0. The number of fused-ring (bicyclic) bond motifs is 1. The van der Waals surface area contributed by atoms with Crippen molar-refractivity contribution in [3.05, 3.63) is 36.5 Å². The monoisotopic (exact) mass is 310 g/mol. The molecule has 1 saturated carbocycles. The summed E-state index contributed by atoms with van der Waals surface area (Å²) in [5.41, 5.74) is 2.14. The second kappa shape index (κ2) is 5.91. The van der Waals surface area contributed by atoms with Crippen molar-refractivity contribution in [2.45, 2.75) is 31.8 Å². The van der Waals surface area contributed by atoms with E-state index in [2.05, 4.69) is 9.97 Å². The summed E-state index contributed by atoms with van der Waals surface area (Å²) < 4.78 is 17.3. The number of pyridine rings is 1. The van der Waals surface area contributed by atoms with E-state index in [9.17, 15) is 0 Å². The Labute approximate surface area is 134 Å². The maximum absolute atomic E-state index is 6.12. The van der Waals surface area contributed by atoms with Crippen LogP contribution in [0.1, 0.15) is 25.7 Å². The fourth-order valence-corrected chi connectivity index (χ4v) is 2.98. The van der Waals surface area contributed by atoms with Crippen LogP contribution < -0.4 is 9.47 Å². The van der Waals surface area contributed by atoms with Crippen molar-refractivity contribution < 1.29 is 13.9 Å². The first-order valence-electron chi connectivity index (χ1n) is 7.90. The maximum Gasteiger partial charge on any atom is 0.229 e. The lowest BCUT2D eigenvalue weighted by atomic mass is 10.2. The standard InChI is InChI=1S/C18H18N2O3/c1-21-14-9-8-12(11-16(14)22-13-5-2-3-6-13)18-20-17-15(23-18)7-4-10-19-17/h4,7-11,13H,2-3,5-6H2,1H3. The van der Waals surface area contributed by atoms with Crippen LogP contribution in [0.2, 0.25) is 0 Å². The number of nitrogens with zero attached hydrogens (tertiary/aromatic N) is 2. The Hall–Kier alpha value is -2.56. The summed E-state index contributed by atoms with van der Waals surface area (Å²) in [6.07, 6.45) is 6.62. The molecule has 1 aliphatic rings. The minimum atomic E-state index is 0.268. The molecule has 0 amide bonds. The SMILES string of the molecule is COc1ccc(-c2nc3ncccc3o2)cc1OC1CCCC1. The molecule has 1 aliphatic carbocycles. The molecule has 0 saturated heterocycles. The van der Waals surface area contributed by atoms with E-state index in [4.69, 9.17) is 13.9 Å². The molecule has 0 aliphatic heterocycles. The van der Waals surface area contributed by atoms with Gasteiger partial charge in [-0.2, -0.15) is 4.98 Å². The highest BCUT2D eigenvalue weighted by molar-refractivity contribution is 5.72. The van der Waals surface area contributed by atoms with E-state index in [-0.39, 0.29) is 6.10 Å². The van der Waals surface area contributed by atoms with E-state index in [1.54, 1.807) is 13.3 Å². The highest BCUT2D eigenvalue weighted by Gasteiger charge is 2.19. The van der Waals surface area contributed by atoms with Gasteiger partial charge in [-0.3, -0.25) is 0 Å². The average Bonchev–Trinajstić information content (AvgIpc) is 3.23. The van der Waals surface area contributed by atoms with Crippen molar-refractivity contribution >= 4 is 11.2 Å². The topological polar surface area (TPSA) is 57.4 Å². The third kappa shape index (κ3) is 2.74. The molecule has 1 fully saturated rings. The van der Waals surface area contributed by atoms with Crippen LogP contribution in [0.5, 0.6) is 11.5 Å². The molecule has 0 bridgehead atoms. The summed E-state index contributed by atoms with van der Waals surface area (Å²) >= 11 is 0. The van der Waals surface area contributed by atoms with E-state index in [1.165, 1.54) is 12.8 Å². The number of hydrogen-bond acceptors (Lipinski definition) is 5. The van der Waals surface area contributed by atoms with Crippen LogP contribution in [0.4, 0.5) is 0 Å². The van der Waals surface area contributed by atoms with Gasteiger partial charge in [0, 0.05) is 11.8 Å². The molecule has 0 N–H and O–H groups in total. The van der Waals surface area contributed by atoms with Crippen molar-refractivity contribution in [2.24, 2.45) is 0 Å². The predicted molar refractivity (Wildman–Crippen MR) is 86.7 cm³/mol. The zero-order valence-electron chi connectivity index (χ0n) is 13.0. The van der Waals surface area contributed by atoms with E-state index in [0.29, 0.717) is 17.1 Å². The number of benzene rings is 1. The van der Waals surface area contributed by atoms with Gasteiger partial charge in [0.15, 0.2) is 22.7 Å². The third-order valence-corrected chi connectivity index (χ3v) is 4.17. The van der Waals surface area contributed by atoms with Crippen LogP contribution in [0, 0.1) is 0 Å². The summed E-state index contributed by atoms with van der Waals surface area (Å²) in [5.74, 6) is 2.01. The lowest BCUT2D eigenvalue weighted by molar-refractivity contribution is 0.201. The minimum Gasteiger partial charge on any atom is -0.493 e. The minimum absolute atomic E-state index is 0.268. The van der Waals surface area contributed by atoms with E-state index >= 15 is 0 Å². The molecule has 118 valence electrons. The van der Waals surface area contributed by atoms with E-state index in [1.807, 2.05) is 30.3 Å². The van der Waals surface area contributed by atoms with Gasteiger partial charge in [-0.1, -0.05) is 0 Å². The Balaban J connectivity index is 1.70. The quantitative estimate of drug-likeness (QED) is 0.722. The van der Waals surface area contributed by atoms with Crippen LogP contribution in [0.15, 0.2) is 40.9 Å². The number of methoxy groups -OCH3 is 1. The van der Waals surface area contributed by atoms with Gasteiger partial charge in [0.25, 0.3) is 0 Å². The first-order valence-corrected chi connectivity index (χ1v) is 7.90. The normalized spacial score (nSPS) is 15.2. The van der Waals surface area contributed by atoms with Crippen molar-refractivity contribution in [1.29, 1.82) is 0 Å². The summed E-state index contributed by atoms with van der Waals surface area (Å²) in [6, 6.07) is 9.44. The van der Waals surface area contributed by atoms with Crippen LogP contribution in [0.25, 0.3) is 22.7 Å². The fraction of sp³-hybridized carbons (Fsp3) is 0.333. The summed E-state index contributed by atoms with van der Waals surface area (Å²) in [7, 11) is 1.65. The van der Waals surface area contributed by atoms with Crippen molar-refractivity contribution in [2.75, 3.05) is 7.11 Å². The van der Waals surface area contributed by atoms with Crippen molar-refractivity contribution in [3.63, 3.8) is 0 Å². The second-order valence-corrected chi connectivity index (χ2v) is 5.73. The molecule has 2 heterocycles. The van der Waals surface area contributed by atoms with Gasteiger partial charge in [-0.15, -0.1) is 0 Å². The molecule has 4 rings (SSSR count).